The first kappa shape index (κ1) is 21.9. The van der Waals surface area contributed by atoms with Crippen molar-refractivity contribution < 1.29 is 19.4 Å². The molecule has 2 fully saturated rings. The Balaban J connectivity index is 1.30. The maximum Gasteiger partial charge on any atom is 0.339 e. The third kappa shape index (κ3) is 5.32. The highest BCUT2D eigenvalue weighted by Crippen LogP contribution is 2.37. The summed E-state index contributed by atoms with van der Waals surface area (Å²) in [6.07, 6.45) is 4.07. The van der Waals surface area contributed by atoms with Crippen molar-refractivity contribution in [2.45, 2.75) is 50.4 Å². The van der Waals surface area contributed by atoms with Crippen molar-refractivity contribution in [3.05, 3.63) is 63.6 Å². The molecule has 2 aliphatic rings. The average molecular weight is 463 g/mol. The fourth-order valence-corrected chi connectivity index (χ4v) is 4.96. The van der Waals surface area contributed by atoms with Gasteiger partial charge in [-0.15, -0.1) is 0 Å². The van der Waals surface area contributed by atoms with Gasteiger partial charge in [0.25, 0.3) is 5.91 Å². The van der Waals surface area contributed by atoms with Crippen molar-refractivity contribution in [2.24, 2.45) is 0 Å². The normalized spacial score (nSPS) is 22.8. The first-order valence-electron chi connectivity index (χ1n) is 10.3. The van der Waals surface area contributed by atoms with Crippen molar-refractivity contribution in [1.29, 1.82) is 0 Å². The number of aromatic carboxylic acids is 1. The van der Waals surface area contributed by atoms with Crippen LogP contribution in [0.5, 0.6) is 5.75 Å². The van der Waals surface area contributed by atoms with E-state index < -0.39 is 5.97 Å². The molecule has 2 heterocycles. The number of benzene rings is 2. The number of rotatable bonds is 7. The predicted octanol–water partition coefficient (Wildman–Crippen LogP) is 4.38. The van der Waals surface area contributed by atoms with E-state index in [1.54, 1.807) is 0 Å². The second-order valence-electron chi connectivity index (χ2n) is 8.15. The summed E-state index contributed by atoms with van der Waals surface area (Å²) >= 11 is 11.8. The van der Waals surface area contributed by atoms with Gasteiger partial charge in [0, 0.05) is 34.7 Å². The lowest BCUT2D eigenvalue weighted by Crippen LogP contribution is -2.50. The number of carboxylic acids is 1. The zero-order valence-electron chi connectivity index (χ0n) is 16.9. The highest BCUT2D eigenvalue weighted by molar-refractivity contribution is 6.31. The van der Waals surface area contributed by atoms with Crippen molar-refractivity contribution in [3.8, 4) is 5.75 Å². The number of hydrogen-bond acceptors (Lipinski definition) is 4. The summed E-state index contributed by atoms with van der Waals surface area (Å²) in [6.45, 7) is 0.660. The smallest absolute Gasteiger partial charge is 0.339 e. The molecule has 2 N–H and O–H groups in total. The fourth-order valence-electron chi connectivity index (χ4n) is 4.66. The molecule has 2 aliphatic heterocycles. The number of nitrogens with zero attached hydrogens (tertiary/aromatic N) is 1. The quantitative estimate of drug-likeness (QED) is 0.637. The summed E-state index contributed by atoms with van der Waals surface area (Å²) in [5.74, 6) is -1.27. The zero-order valence-corrected chi connectivity index (χ0v) is 18.4. The van der Waals surface area contributed by atoms with E-state index in [4.69, 9.17) is 27.9 Å². The van der Waals surface area contributed by atoms with Crippen LogP contribution in [0.2, 0.25) is 10.0 Å². The van der Waals surface area contributed by atoms with Gasteiger partial charge in [0.1, 0.15) is 11.3 Å². The van der Waals surface area contributed by atoms with E-state index in [0.29, 0.717) is 17.1 Å². The lowest BCUT2D eigenvalue weighted by molar-refractivity contribution is -0.124. The van der Waals surface area contributed by atoms with E-state index in [-0.39, 0.29) is 29.9 Å². The molecule has 2 aromatic carbocycles. The van der Waals surface area contributed by atoms with Gasteiger partial charge in [-0.05, 0) is 61.6 Å². The van der Waals surface area contributed by atoms with Gasteiger partial charge in [0.15, 0.2) is 6.61 Å². The number of amides is 1. The first-order chi connectivity index (χ1) is 14.9. The van der Waals surface area contributed by atoms with Crippen molar-refractivity contribution in [3.63, 3.8) is 0 Å². The lowest BCUT2D eigenvalue weighted by Gasteiger charge is -2.39. The van der Waals surface area contributed by atoms with Gasteiger partial charge in [-0.1, -0.05) is 35.3 Å². The van der Waals surface area contributed by atoms with Gasteiger partial charge in [-0.25, -0.2) is 4.79 Å². The van der Waals surface area contributed by atoms with Crippen LogP contribution in [0.25, 0.3) is 0 Å². The molecule has 2 bridgehead atoms. The number of carbonyl (C=O) groups is 2. The molecule has 2 aromatic rings. The Hall–Kier alpha value is -2.28. The van der Waals surface area contributed by atoms with Crippen LogP contribution in [0.4, 0.5) is 0 Å². The van der Waals surface area contributed by atoms with Gasteiger partial charge in [-0.3, -0.25) is 9.69 Å². The molecule has 0 aromatic heterocycles. The number of piperidine rings is 1. The zero-order chi connectivity index (χ0) is 22.0. The van der Waals surface area contributed by atoms with Crippen LogP contribution >= 0.6 is 23.2 Å². The summed E-state index contributed by atoms with van der Waals surface area (Å²) < 4.78 is 5.46. The van der Waals surface area contributed by atoms with Gasteiger partial charge < -0.3 is 15.2 Å². The molecule has 0 spiro atoms. The Morgan fingerprint density at radius 3 is 2.32 bits per heavy atom. The molecule has 31 heavy (non-hydrogen) atoms. The molecular formula is C23H24Cl2N2O4. The minimum absolute atomic E-state index is 0.0612. The van der Waals surface area contributed by atoms with Crippen molar-refractivity contribution >= 4 is 35.1 Å². The van der Waals surface area contributed by atoms with Crippen LogP contribution < -0.4 is 10.1 Å². The van der Waals surface area contributed by atoms with E-state index in [2.05, 4.69) is 22.3 Å². The Bertz CT molecular complexity index is 953. The van der Waals surface area contributed by atoms with Crippen molar-refractivity contribution in [1.82, 2.24) is 10.2 Å². The van der Waals surface area contributed by atoms with E-state index in [1.165, 1.54) is 23.8 Å². The maximum absolute atomic E-state index is 12.4. The topological polar surface area (TPSA) is 78.9 Å². The summed E-state index contributed by atoms with van der Waals surface area (Å²) in [6, 6.07) is 13.3. The summed E-state index contributed by atoms with van der Waals surface area (Å²) in [5, 5.41) is 13.4. The Morgan fingerprint density at radius 2 is 1.68 bits per heavy atom. The van der Waals surface area contributed by atoms with E-state index >= 15 is 0 Å². The van der Waals surface area contributed by atoms with Crippen LogP contribution in [0.15, 0.2) is 42.5 Å². The monoisotopic (exact) mass is 462 g/mol. The molecule has 6 nitrogen and oxygen atoms in total. The minimum atomic E-state index is -1.15. The Morgan fingerprint density at radius 1 is 1.03 bits per heavy atom. The van der Waals surface area contributed by atoms with Crippen LogP contribution in [0.1, 0.15) is 41.6 Å². The number of halogens is 2. The second-order valence-corrected chi connectivity index (χ2v) is 9.03. The van der Waals surface area contributed by atoms with Crippen LogP contribution in [-0.4, -0.2) is 46.6 Å². The number of carbonyl (C=O) groups excluding carboxylic acids is 1. The molecule has 1 amide bonds. The predicted molar refractivity (Wildman–Crippen MR) is 119 cm³/mol. The molecule has 164 valence electrons. The molecule has 0 unspecified atom stereocenters. The number of nitrogens with one attached hydrogen (secondary N) is 1. The Kier molecular flexibility index (Phi) is 6.70. The Labute approximate surface area is 191 Å². The van der Waals surface area contributed by atoms with E-state index in [0.717, 1.165) is 37.3 Å². The van der Waals surface area contributed by atoms with Gasteiger partial charge in [0.05, 0.1) is 0 Å². The highest BCUT2D eigenvalue weighted by atomic mass is 35.5. The van der Waals surface area contributed by atoms with Crippen LogP contribution in [0, 0.1) is 0 Å². The van der Waals surface area contributed by atoms with E-state index in [1.807, 2.05) is 12.1 Å². The third-order valence-electron chi connectivity index (χ3n) is 6.06. The molecule has 4 rings (SSSR count). The first-order valence-corrected chi connectivity index (χ1v) is 11.1. The number of carboxylic acid groups (broad SMARTS) is 1. The summed E-state index contributed by atoms with van der Waals surface area (Å²) in [4.78, 5) is 26.3. The molecular weight excluding hydrogens is 439 g/mol. The molecule has 3 atom stereocenters. The van der Waals surface area contributed by atoms with Gasteiger partial charge >= 0.3 is 5.97 Å². The standard InChI is InChI=1S/C23H24Cl2N2O4/c24-15-3-1-14(2-4-15)12-27-18-6-7-19(27)11-17(10-18)26-22(28)13-31-21-8-5-16(25)9-20(21)23(29)30/h1-5,8-9,17-19H,6-7,10-13H2,(H,26,28)(H,29,30)/t17-,18+,19-. The minimum Gasteiger partial charge on any atom is -0.483 e. The van der Waals surface area contributed by atoms with Crippen LogP contribution in [-0.2, 0) is 11.3 Å². The molecule has 0 aliphatic carbocycles. The largest absolute Gasteiger partial charge is 0.483 e. The average Bonchev–Trinajstić information content (AvgIpc) is 2.96. The number of ether oxygens (including phenoxy) is 1. The van der Waals surface area contributed by atoms with Crippen molar-refractivity contribution in [2.75, 3.05) is 6.61 Å². The second kappa shape index (κ2) is 9.47. The summed E-state index contributed by atoms with van der Waals surface area (Å²) in [7, 11) is 0. The lowest BCUT2D eigenvalue weighted by atomic mass is 9.96. The molecule has 8 heteroatoms. The maximum atomic E-state index is 12.4. The molecule has 2 saturated heterocycles. The SMILES string of the molecule is O=C(COc1ccc(Cl)cc1C(=O)O)N[C@H]1C[C@H]2CC[C@@H](C1)N2Cc1ccc(Cl)cc1. The highest BCUT2D eigenvalue weighted by Gasteiger charge is 2.40. The molecule has 0 saturated carbocycles. The van der Waals surface area contributed by atoms with Gasteiger partial charge in [0.2, 0.25) is 0 Å². The van der Waals surface area contributed by atoms with Gasteiger partial charge in [-0.2, -0.15) is 0 Å². The molecule has 0 radical (unpaired) electrons. The van der Waals surface area contributed by atoms with E-state index in [9.17, 15) is 14.7 Å². The third-order valence-corrected chi connectivity index (χ3v) is 6.55. The summed E-state index contributed by atoms with van der Waals surface area (Å²) in [5.41, 5.74) is 1.18. The fraction of sp³-hybridized carbons (Fsp3) is 0.391. The number of fused-ring (bicyclic) bond motifs is 2. The van der Waals surface area contributed by atoms with Crippen LogP contribution in [0.3, 0.4) is 0 Å². The number of hydrogen-bond donors (Lipinski definition) is 2.